The van der Waals surface area contributed by atoms with E-state index in [1.54, 1.807) is 17.6 Å². The van der Waals surface area contributed by atoms with Crippen molar-refractivity contribution in [3.8, 4) is 11.4 Å². The van der Waals surface area contributed by atoms with Crippen LogP contribution in [0.1, 0.15) is 47.5 Å². The molecule has 0 fully saturated rings. The number of H-pyrrole nitrogens is 1. The molecule has 0 amide bonds. The maximum absolute atomic E-state index is 12.9. The first-order chi connectivity index (χ1) is 14.4. The molecule has 0 spiro atoms. The standard InChI is InChI=1S/C21H23N5O2S2/c1-10-5-6-14-15(9-10)30-20-16(14)19(27)22-17(23-20)12(3)29-21-25-24-18(26(21)4)13-7-8-28-11(13)2/h7-8,10,12H,5-6,9H2,1-4H3,(H,22,23,27). The smallest absolute Gasteiger partial charge is 0.259 e. The molecule has 0 saturated carbocycles. The summed E-state index contributed by atoms with van der Waals surface area (Å²) in [5, 5.41) is 10.2. The van der Waals surface area contributed by atoms with Gasteiger partial charge < -0.3 is 14.0 Å². The first-order valence-electron chi connectivity index (χ1n) is 10.1. The van der Waals surface area contributed by atoms with Gasteiger partial charge in [-0.3, -0.25) is 4.79 Å². The normalized spacial score (nSPS) is 17.4. The van der Waals surface area contributed by atoms with Gasteiger partial charge in [-0.15, -0.1) is 21.5 Å². The second-order valence-electron chi connectivity index (χ2n) is 8.00. The molecule has 156 valence electrons. The topological polar surface area (TPSA) is 89.6 Å². The van der Waals surface area contributed by atoms with Gasteiger partial charge in [0.1, 0.15) is 16.4 Å². The van der Waals surface area contributed by atoms with Gasteiger partial charge in [-0.05, 0) is 50.7 Å². The van der Waals surface area contributed by atoms with Crippen molar-refractivity contribution < 1.29 is 4.42 Å². The minimum atomic E-state index is -0.0682. The molecule has 0 aliphatic heterocycles. The molecular weight excluding hydrogens is 418 g/mol. The van der Waals surface area contributed by atoms with Crippen molar-refractivity contribution in [1.29, 1.82) is 0 Å². The van der Waals surface area contributed by atoms with Gasteiger partial charge in [0.15, 0.2) is 11.0 Å². The molecule has 9 heteroatoms. The Bertz CT molecular complexity index is 1300. The Morgan fingerprint density at radius 3 is 3.00 bits per heavy atom. The van der Waals surface area contributed by atoms with E-state index in [0.717, 1.165) is 51.8 Å². The number of rotatable bonds is 4. The lowest BCUT2D eigenvalue weighted by molar-refractivity contribution is 0.509. The summed E-state index contributed by atoms with van der Waals surface area (Å²) < 4.78 is 7.34. The fraction of sp³-hybridized carbons (Fsp3) is 0.429. The molecule has 5 rings (SSSR count). The Labute approximate surface area is 181 Å². The summed E-state index contributed by atoms with van der Waals surface area (Å²) >= 11 is 3.21. The lowest BCUT2D eigenvalue weighted by atomic mass is 9.89. The number of hydrogen-bond acceptors (Lipinski definition) is 7. The number of aromatic amines is 1. The number of aryl methyl sites for hydroxylation is 2. The Morgan fingerprint density at radius 1 is 1.40 bits per heavy atom. The van der Waals surface area contributed by atoms with Gasteiger partial charge in [-0.2, -0.15) is 0 Å². The van der Waals surface area contributed by atoms with Crippen LogP contribution in [0.25, 0.3) is 21.6 Å². The fourth-order valence-corrected chi connectivity index (χ4v) is 6.30. The molecule has 0 bridgehead atoms. The first-order valence-corrected chi connectivity index (χ1v) is 11.8. The molecule has 0 saturated heterocycles. The van der Waals surface area contributed by atoms with Gasteiger partial charge in [-0.1, -0.05) is 18.7 Å². The predicted octanol–water partition coefficient (Wildman–Crippen LogP) is 4.66. The first kappa shape index (κ1) is 19.6. The van der Waals surface area contributed by atoms with Crippen molar-refractivity contribution >= 4 is 33.3 Å². The highest BCUT2D eigenvalue weighted by molar-refractivity contribution is 7.99. The third-order valence-corrected chi connectivity index (χ3v) is 8.08. The minimum absolute atomic E-state index is 0.0258. The molecule has 0 aromatic carbocycles. The number of nitrogens with one attached hydrogen (secondary N) is 1. The average Bonchev–Trinajstić information content (AvgIpc) is 3.38. The van der Waals surface area contributed by atoms with Crippen molar-refractivity contribution in [3.63, 3.8) is 0 Å². The number of fused-ring (bicyclic) bond motifs is 3. The highest BCUT2D eigenvalue weighted by Gasteiger charge is 2.24. The van der Waals surface area contributed by atoms with Crippen LogP contribution in [0.2, 0.25) is 0 Å². The van der Waals surface area contributed by atoms with Gasteiger partial charge in [0.2, 0.25) is 0 Å². The molecular formula is C21H23N5O2S2. The van der Waals surface area contributed by atoms with Gasteiger partial charge in [0.25, 0.3) is 5.56 Å². The third-order valence-electron chi connectivity index (χ3n) is 5.79. The van der Waals surface area contributed by atoms with Gasteiger partial charge in [0, 0.05) is 11.9 Å². The van der Waals surface area contributed by atoms with E-state index in [1.165, 1.54) is 22.2 Å². The molecule has 2 unspecified atom stereocenters. The zero-order valence-corrected chi connectivity index (χ0v) is 19.0. The molecule has 1 aliphatic carbocycles. The van der Waals surface area contributed by atoms with Crippen LogP contribution in [-0.4, -0.2) is 24.7 Å². The van der Waals surface area contributed by atoms with Crippen LogP contribution in [0.3, 0.4) is 0 Å². The van der Waals surface area contributed by atoms with Crippen LogP contribution in [0, 0.1) is 12.8 Å². The molecule has 30 heavy (non-hydrogen) atoms. The highest BCUT2D eigenvalue weighted by Crippen LogP contribution is 2.38. The van der Waals surface area contributed by atoms with E-state index in [1.807, 2.05) is 31.5 Å². The summed E-state index contributed by atoms with van der Waals surface area (Å²) in [7, 11) is 1.94. The SMILES string of the molecule is Cc1occc1-c1nnc(SC(C)c2nc3sc4c(c3c(=O)[nH]2)CCC(C)C4)n1C. The molecule has 1 aliphatic rings. The van der Waals surface area contributed by atoms with Crippen LogP contribution in [0.15, 0.2) is 26.7 Å². The van der Waals surface area contributed by atoms with Crippen LogP contribution in [0.5, 0.6) is 0 Å². The van der Waals surface area contributed by atoms with Gasteiger partial charge >= 0.3 is 0 Å². The van der Waals surface area contributed by atoms with E-state index in [-0.39, 0.29) is 10.8 Å². The Morgan fingerprint density at radius 2 is 2.23 bits per heavy atom. The highest BCUT2D eigenvalue weighted by atomic mass is 32.2. The number of furan rings is 1. The summed E-state index contributed by atoms with van der Waals surface area (Å²) in [6.45, 7) is 6.21. The van der Waals surface area contributed by atoms with Gasteiger partial charge in [0.05, 0.1) is 22.5 Å². The summed E-state index contributed by atoms with van der Waals surface area (Å²) in [6, 6.07) is 1.89. The zero-order chi connectivity index (χ0) is 21.0. The third kappa shape index (κ3) is 3.20. The largest absolute Gasteiger partial charge is 0.469 e. The second kappa shape index (κ2) is 7.39. The van der Waals surface area contributed by atoms with Crippen molar-refractivity contribution in [1.82, 2.24) is 24.7 Å². The van der Waals surface area contributed by atoms with E-state index in [4.69, 9.17) is 9.40 Å². The predicted molar refractivity (Wildman–Crippen MR) is 119 cm³/mol. The summed E-state index contributed by atoms with van der Waals surface area (Å²) in [4.78, 5) is 22.9. The molecule has 4 aromatic rings. The van der Waals surface area contributed by atoms with Crippen molar-refractivity contribution in [3.05, 3.63) is 44.7 Å². The number of thiophene rings is 1. The lowest BCUT2D eigenvalue weighted by Gasteiger charge is -2.17. The molecule has 0 radical (unpaired) electrons. The van der Waals surface area contributed by atoms with E-state index in [9.17, 15) is 4.79 Å². The van der Waals surface area contributed by atoms with Crippen LogP contribution < -0.4 is 5.56 Å². The number of nitrogens with zero attached hydrogens (tertiary/aromatic N) is 4. The summed E-state index contributed by atoms with van der Waals surface area (Å²) in [5.74, 6) is 2.91. The Kier molecular flexibility index (Phi) is 4.82. The maximum Gasteiger partial charge on any atom is 0.259 e. The number of aromatic nitrogens is 5. The second-order valence-corrected chi connectivity index (χ2v) is 10.4. The Balaban J connectivity index is 1.46. The van der Waals surface area contributed by atoms with E-state index < -0.39 is 0 Å². The van der Waals surface area contributed by atoms with Crippen molar-refractivity contribution in [2.45, 2.75) is 50.4 Å². The van der Waals surface area contributed by atoms with Crippen LogP contribution in [-0.2, 0) is 19.9 Å². The molecule has 4 aromatic heterocycles. The number of thioether (sulfide) groups is 1. The molecule has 2 atom stereocenters. The maximum atomic E-state index is 12.9. The summed E-state index contributed by atoms with van der Waals surface area (Å²) in [5.41, 5.74) is 2.11. The fourth-order valence-electron chi connectivity index (χ4n) is 4.04. The molecule has 1 N–H and O–H groups in total. The van der Waals surface area contributed by atoms with Gasteiger partial charge in [-0.25, -0.2) is 4.98 Å². The van der Waals surface area contributed by atoms with Crippen molar-refractivity contribution in [2.24, 2.45) is 13.0 Å². The minimum Gasteiger partial charge on any atom is -0.469 e. The molecule has 7 nitrogen and oxygen atoms in total. The van der Waals surface area contributed by atoms with E-state index in [2.05, 4.69) is 22.1 Å². The monoisotopic (exact) mass is 441 g/mol. The number of hydrogen-bond donors (Lipinski definition) is 1. The van der Waals surface area contributed by atoms with E-state index in [0.29, 0.717) is 11.7 Å². The zero-order valence-electron chi connectivity index (χ0n) is 17.4. The summed E-state index contributed by atoms with van der Waals surface area (Å²) in [6.07, 6.45) is 4.81. The Hall–Kier alpha value is -2.39. The average molecular weight is 442 g/mol. The van der Waals surface area contributed by atoms with Crippen LogP contribution >= 0.6 is 23.1 Å². The van der Waals surface area contributed by atoms with Crippen molar-refractivity contribution in [2.75, 3.05) is 0 Å². The van der Waals surface area contributed by atoms with Crippen LogP contribution in [0.4, 0.5) is 0 Å². The molecule has 4 heterocycles. The quantitative estimate of drug-likeness (QED) is 0.463. The lowest BCUT2D eigenvalue weighted by Crippen LogP contribution is -2.15. The van der Waals surface area contributed by atoms with E-state index >= 15 is 0 Å².